The van der Waals surface area contributed by atoms with Crippen LogP contribution in [0.5, 0.6) is 11.5 Å². The van der Waals surface area contributed by atoms with E-state index in [1.807, 2.05) is 31.2 Å². The Morgan fingerprint density at radius 2 is 2.00 bits per heavy atom. The number of rotatable bonds is 5. The van der Waals surface area contributed by atoms with E-state index in [0.717, 1.165) is 22.2 Å². The van der Waals surface area contributed by atoms with Crippen molar-refractivity contribution in [1.82, 2.24) is 15.7 Å². The molecule has 0 saturated heterocycles. The quantitative estimate of drug-likeness (QED) is 0.467. The van der Waals surface area contributed by atoms with Crippen LogP contribution in [0.4, 0.5) is 0 Å². The molecule has 0 bridgehead atoms. The molecule has 142 valence electrons. The molecule has 0 saturated carbocycles. The first-order chi connectivity index (χ1) is 13.6. The van der Waals surface area contributed by atoms with Gasteiger partial charge in [-0.1, -0.05) is 18.2 Å². The van der Waals surface area contributed by atoms with Crippen LogP contribution in [0.15, 0.2) is 47.6 Å². The zero-order valence-electron chi connectivity index (χ0n) is 15.1. The fourth-order valence-corrected chi connectivity index (χ4v) is 2.97. The van der Waals surface area contributed by atoms with Gasteiger partial charge in [-0.3, -0.25) is 9.59 Å². The molecule has 28 heavy (non-hydrogen) atoms. The van der Waals surface area contributed by atoms with Gasteiger partial charge < -0.3 is 19.8 Å². The number of aryl methyl sites for hydroxylation is 1. The molecule has 0 aliphatic carbocycles. The van der Waals surface area contributed by atoms with E-state index in [2.05, 4.69) is 20.8 Å². The summed E-state index contributed by atoms with van der Waals surface area (Å²) in [4.78, 5) is 27.4. The maximum absolute atomic E-state index is 12.2. The predicted octanol–water partition coefficient (Wildman–Crippen LogP) is 2.09. The van der Waals surface area contributed by atoms with E-state index in [9.17, 15) is 9.59 Å². The Labute approximate surface area is 160 Å². The highest BCUT2D eigenvalue weighted by Gasteiger charge is 2.16. The van der Waals surface area contributed by atoms with Crippen LogP contribution in [0.1, 0.15) is 21.6 Å². The van der Waals surface area contributed by atoms with Crippen LogP contribution in [-0.4, -0.2) is 36.4 Å². The Morgan fingerprint density at radius 1 is 1.18 bits per heavy atom. The van der Waals surface area contributed by atoms with Gasteiger partial charge in [0.15, 0.2) is 11.5 Å². The Balaban J connectivity index is 1.32. The number of nitrogens with one attached hydrogen (secondary N) is 3. The highest BCUT2D eigenvalue weighted by atomic mass is 16.7. The van der Waals surface area contributed by atoms with Gasteiger partial charge in [0.25, 0.3) is 11.8 Å². The van der Waals surface area contributed by atoms with Crippen LogP contribution in [0.2, 0.25) is 0 Å². The van der Waals surface area contributed by atoms with E-state index in [0.29, 0.717) is 17.1 Å². The van der Waals surface area contributed by atoms with E-state index in [1.54, 1.807) is 24.4 Å². The summed E-state index contributed by atoms with van der Waals surface area (Å²) in [5.41, 5.74) is 5.66. The van der Waals surface area contributed by atoms with Crippen molar-refractivity contribution in [2.24, 2.45) is 5.10 Å². The average molecular weight is 378 g/mol. The number of hydrogen-bond acceptors (Lipinski definition) is 5. The highest BCUT2D eigenvalue weighted by Crippen LogP contribution is 2.32. The summed E-state index contributed by atoms with van der Waals surface area (Å²) in [6.45, 7) is 1.88. The van der Waals surface area contributed by atoms with Gasteiger partial charge in [0.2, 0.25) is 6.79 Å². The van der Waals surface area contributed by atoms with Gasteiger partial charge in [-0.15, -0.1) is 0 Å². The fourth-order valence-electron chi connectivity index (χ4n) is 2.97. The lowest BCUT2D eigenvalue weighted by Crippen LogP contribution is -2.34. The second kappa shape index (κ2) is 7.43. The number of hydrazone groups is 1. The van der Waals surface area contributed by atoms with Crippen LogP contribution >= 0.6 is 0 Å². The molecule has 3 N–H and O–H groups in total. The van der Waals surface area contributed by atoms with Crippen LogP contribution in [0.3, 0.4) is 0 Å². The Morgan fingerprint density at radius 3 is 2.89 bits per heavy atom. The largest absolute Gasteiger partial charge is 0.454 e. The first-order valence-corrected chi connectivity index (χ1v) is 8.69. The number of hydrogen-bond donors (Lipinski definition) is 3. The van der Waals surface area contributed by atoms with E-state index in [-0.39, 0.29) is 19.2 Å². The molecular formula is C20H18N4O4. The molecule has 2 amide bonds. The SMILES string of the molecule is Cc1[nH]c2ccccc2c1/C=N/NC(=O)CNC(=O)c1ccc2c(c1)OCO2. The van der Waals surface area contributed by atoms with Crippen molar-refractivity contribution in [2.45, 2.75) is 6.92 Å². The fraction of sp³-hybridized carbons (Fsp3) is 0.150. The van der Waals surface area contributed by atoms with Crippen molar-refractivity contribution < 1.29 is 19.1 Å². The minimum absolute atomic E-state index is 0.136. The summed E-state index contributed by atoms with van der Waals surface area (Å²) < 4.78 is 10.4. The molecule has 3 aromatic rings. The van der Waals surface area contributed by atoms with Gasteiger partial charge in [-0.2, -0.15) is 5.10 Å². The first kappa shape index (κ1) is 17.6. The van der Waals surface area contributed by atoms with Crippen LogP contribution in [0, 0.1) is 6.92 Å². The normalized spacial score (nSPS) is 12.5. The van der Waals surface area contributed by atoms with Crippen molar-refractivity contribution in [3.05, 3.63) is 59.3 Å². The molecule has 0 spiro atoms. The van der Waals surface area contributed by atoms with E-state index in [1.165, 1.54) is 0 Å². The maximum atomic E-state index is 12.2. The zero-order chi connectivity index (χ0) is 19.5. The van der Waals surface area contributed by atoms with Crippen molar-refractivity contribution in [1.29, 1.82) is 0 Å². The number of fused-ring (bicyclic) bond motifs is 2. The molecule has 8 heteroatoms. The third-order valence-corrected chi connectivity index (χ3v) is 4.37. The van der Waals surface area contributed by atoms with E-state index in [4.69, 9.17) is 9.47 Å². The third kappa shape index (κ3) is 3.52. The monoisotopic (exact) mass is 378 g/mol. The summed E-state index contributed by atoms with van der Waals surface area (Å²) in [6.07, 6.45) is 1.59. The second-order valence-corrected chi connectivity index (χ2v) is 6.25. The number of H-pyrrole nitrogens is 1. The molecule has 2 aromatic carbocycles. The average Bonchev–Trinajstić information content (AvgIpc) is 3.29. The van der Waals surface area contributed by atoms with Gasteiger partial charge >= 0.3 is 0 Å². The number of aromatic amines is 1. The summed E-state index contributed by atoms with van der Waals surface area (Å²) in [5, 5.41) is 7.56. The van der Waals surface area contributed by atoms with Gasteiger partial charge in [-0.05, 0) is 31.2 Å². The molecule has 4 rings (SSSR count). The Kier molecular flexibility index (Phi) is 4.67. The van der Waals surface area contributed by atoms with Crippen LogP contribution in [0.25, 0.3) is 10.9 Å². The summed E-state index contributed by atoms with van der Waals surface area (Å²) in [7, 11) is 0. The van der Waals surface area contributed by atoms with E-state index >= 15 is 0 Å². The number of para-hydroxylation sites is 1. The zero-order valence-corrected chi connectivity index (χ0v) is 15.1. The standard InChI is InChI=1S/C20H18N4O4/c1-12-15(14-4-2-3-5-16(14)23-12)9-22-24-19(25)10-21-20(26)13-6-7-17-18(8-13)28-11-27-17/h2-9,23H,10-11H2,1H3,(H,21,26)(H,24,25)/b22-9+. The van der Waals surface area contributed by atoms with Crippen molar-refractivity contribution in [3.63, 3.8) is 0 Å². The lowest BCUT2D eigenvalue weighted by atomic mass is 10.1. The van der Waals surface area contributed by atoms with Gasteiger partial charge in [0.1, 0.15) is 0 Å². The summed E-state index contributed by atoms with van der Waals surface area (Å²) >= 11 is 0. The number of ether oxygens (including phenoxy) is 2. The molecule has 0 unspecified atom stereocenters. The molecule has 1 aliphatic heterocycles. The van der Waals surface area contributed by atoms with Crippen LogP contribution < -0.4 is 20.2 Å². The van der Waals surface area contributed by atoms with Crippen molar-refractivity contribution in [3.8, 4) is 11.5 Å². The minimum atomic E-state index is -0.428. The van der Waals surface area contributed by atoms with Crippen molar-refractivity contribution >= 4 is 28.9 Å². The second-order valence-electron chi connectivity index (χ2n) is 6.25. The molecule has 1 aromatic heterocycles. The number of benzene rings is 2. The summed E-state index contributed by atoms with van der Waals surface area (Å²) in [5.74, 6) is 0.291. The molecule has 1 aliphatic rings. The maximum Gasteiger partial charge on any atom is 0.259 e. The topological polar surface area (TPSA) is 105 Å². The third-order valence-electron chi connectivity index (χ3n) is 4.37. The molecule has 0 fully saturated rings. The number of carbonyl (C=O) groups is 2. The molecule has 0 radical (unpaired) electrons. The number of aromatic nitrogens is 1. The predicted molar refractivity (Wildman–Crippen MR) is 104 cm³/mol. The first-order valence-electron chi connectivity index (χ1n) is 8.69. The highest BCUT2D eigenvalue weighted by molar-refractivity contribution is 6.01. The molecular weight excluding hydrogens is 360 g/mol. The van der Waals surface area contributed by atoms with E-state index < -0.39 is 5.91 Å². The lowest BCUT2D eigenvalue weighted by Gasteiger charge is -2.05. The number of nitrogens with zero attached hydrogens (tertiary/aromatic N) is 1. The lowest BCUT2D eigenvalue weighted by molar-refractivity contribution is -0.120. The minimum Gasteiger partial charge on any atom is -0.454 e. The number of carbonyl (C=O) groups excluding carboxylic acids is 2. The summed E-state index contributed by atoms with van der Waals surface area (Å²) in [6, 6.07) is 12.7. The van der Waals surface area contributed by atoms with Crippen molar-refractivity contribution in [2.75, 3.05) is 13.3 Å². The van der Waals surface area contributed by atoms with Gasteiger partial charge in [0, 0.05) is 27.7 Å². The molecule has 2 heterocycles. The molecule has 0 atom stereocenters. The van der Waals surface area contributed by atoms with Gasteiger partial charge in [-0.25, -0.2) is 5.43 Å². The van der Waals surface area contributed by atoms with Gasteiger partial charge in [0.05, 0.1) is 12.8 Å². The van der Waals surface area contributed by atoms with Crippen LogP contribution in [-0.2, 0) is 4.79 Å². The molecule has 8 nitrogen and oxygen atoms in total. The Hall–Kier alpha value is -3.81. The Bertz CT molecular complexity index is 1090. The smallest absolute Gasteiger partial charge is 0.259 e. The number of amides is 2.